The molecule has 1 aliphatic heterocycles. The van der Waals surface area contributed by atoms with Crippen molar-refractivity contribution in [3.05, 3.63) is 12.4 Å². The number of nitrogens with one attached hydrogen (secondary N) is 1. The normalized spacial score (nSPS) is 23.7. The first-order chi connectivity index (χ1) is 9.54. The van der Waals surface area contributed by atoms with E-state index in [0.29, 0.717) is 13.2 Å². The number of hydrogen-bond donors (Lipinski definition) is 1. The number of hydrogen-bond acceptors (Lipinski definition) is 5. The SMILES string of the molecule is CN(C1CCC2(CC1)OCCO2)S(=O)(=O)c1cn[nH]c1. The standard InChI is InChI=1S/C12H19N3O4S/c1-15(20(16,17)11-8-13-14-9-11)10-2-4-12(5-3-10)18-6-7-19-12/h8-10H,2-7H2,1H3,(H,13,14). The highest BCUT2D eigenvalue weighted by molar-refractivity contribution is 7.89. The van der Waals surface area contributed by atoms with Gasteiger partial charge in [-0.2, -0.15) is 9.40 Å². The molecule has 20 heavy (non-hydrogen) atoms. The van der Waals surface area contributed by atoms with Crippen LogP contribution in [0, 0.1) is 0 Å². The van der Waals surface area contributed by atoms with Crippen LogP contribution in [0.5, 0.6) is 0 Å². The van der Waals surface area contributed by atoms with Crippen LogP contribution >= 0.6 is 0 Å². The molecule has 2 aliphatic rings. The van der Waals surface area contributed by atoms with Gasteiger partial charge >= 0.3 is 0 Å². The van der Waals surface area contributed by atoms with Gasteiger partial charge in [0, 0.05) is 32.1 Å². The Bertz CT molecular complexity index is 541. The number of aromatic amines is 1. The van der Waals surface area contributed by atoms with Crippen LogP contribution in [0.3, 0.4) is 0 Å². The minimum absolute atomic E-state index is 0.0201. The van der Waals surface area contributed by atoms with Crippen LogP contribution in [-0.4, -0.2) is 55.0 Å². The molecule has 2 heterocycles. The zero-order chi connectivity index (χ0) is 14.2. The highest BCUT2D eigenvalue weighted by Gasteiger charge is 2.42. The summed E-state index contributed by atoms with van der Waals surface area (Å²) in [6.07, 6.45) is 5.70. The predicted octanol–water partition coefficient (Wildman–Crippen LogP) is 0.716. The van der Waals surface area contributed by atoms with E-state index in [9.17, 15) is 8.42 Å². The van der Waals surface area contributed by atoms with E-state index in [1.54, 1.807) is 7.05 Å². The maximum absolute atomic E-state index is 12.4. The molecule has 0 amide bonds. The van der Waals surface area contributed by atoms with Crippen molar-refractivity contribution >= 4 is 10.0 Å². The molecule has 0 aromatic carbocycles. The Morgan fingerprint density at radius 2 is 2.00 bits per heavy atom. The van der Waals surface area contributed by atoms with Gasteiger partial charge < -0.3 is 9.47 Å². The smallest absolute Gasteiger partial charge is 0.246 e. The molecule has 0 atom stereocenters. The molecule has 1 saturated heterocycles. The summed E-state index contributed by atoms with van der Waals surface area (Å²) >= 11 is 0. The van der Waals surface area contributed by atoms with E-state index in [1.165, 1.54) is 16.7 Å². The summed E-state index contributed by atoms with van der Waals surface area (Å²) in [6, 6.07) is -0.0201. The molecule has 1 aliphatic carbocycles. The van der Waals surface area contributed by atoms with Gasteiger partial charge in [-0.25, -0.2) is 8.42 Å². The molecule has 7 nitrogen and oxygen atoms in total. The lowest BCUT2D eigenvalue weighted by atomic mass is 9.90. The number of H-pyrrole nitrogens is 1. The highest BCUT2D eigenvalue weighted by atomic mass is 32.2. The number of rotatable bonds is 3. The molecular formula is C12H19N3O4S. The Balaban J connectivity index is 1.69. The minimum atomic E-state index is -3.47. The van der Waals surface area contributed by atoms with Gasteiger partial charge in [0.05, 0.1) is 19.4 Å². The Hall–Kier alpha value is -0.960. The van der Waals surface area contributed by atoms with Gasteiger partial charge in [-0.15, -0.1) is 0 Å². The van der Waals surface area contributed by atoms with Crippen molar-refractivity contribution in [1.82, 2.24) is 14.5 Å². The third-order valence-electron chi connectivity index (χ3n) is 4.19. The van der Waals surface area contributed by atoms with Crippen LogP contribution in [0.1, 0.15) is 25.7 Å². The fraction of sp³-hybridized carbons (Fsp3) is 0.750. The van der Waals surface area contributed by atoms with Gasteiger partial charge in [0.15, 0.2) is 5.79 Å². The topological polar surface area (TPSA) is 84.5 Å². The summed E-state index contributed by atoms with van der Waals surface area (Å²) in [4.78, 5) is 0.202. The lowest BCUT2D eigenvalue weighted by Crippen LogP contribution is -2.44. The van der Waals surface area contributed by atoms with Crippen molar-refractivity contribution < 1.29 is 17.9 Å². The van der Waals surface area contributed by atoms with E-state index in [-0.39, 0.29) is 10.9 Å². The molecule has 0 radical (unpaired) electrons. The lowest BCUT2D eigenvalue weighted by Gasteiger charge is -2.38. The van der Waals surface area contributed by atoms with E-state index >= 15 is 0 Å². The first kappa shape index (κ1) is 14.0. The summed E-state index contributed by atoms with van der Waals surface area (Å²) in [6.45, 7) is 1.27. The van der Waals surface area contributed by atoms with Gasteiger partial charge in [0.1, 0.15) is 4.90 Å². The van der Waals surface area contributed by atoms with Crippen LogP contribution in [0.2, 0.25) is 0 Å². The van der Waals surface area contributed by atoms with Gasteiger partial charge in [-0.3, -0.25) is 5.10 Å². The third-order valence-corrected chi connectivity index (χ3v) is 6.07. The molecule has 1 aromatic rings. The van der Waals surface area contributed by atoms with Crippen LogP contribution in [0.15, 0.2) is 17.3 Å². The first-order valence-corrected chi connectivity index (χ1v) is 8.22. The molecule has 112 valence electrons. The van der Waals surface area contributed by atoms with Crippen molar-refractivity contribution in [2.45, 2.75) is 42.4 Å². The van der Waals surface area contributed by atoms with Gasteiger partial charge in [-0.1, -0.05) is 0 Å². The van der Waals surface area contributed by atoms with Crippen LogP contribution in [0.25, 0.3) is 0 Å². The van der Waals surface area contributed by atoms with E-state index in [0.717, 1.165) is 25.7 Å². The second-order valence-electron chi connectivity index (χ2n) is 5.29. The van der Waals surface area contributed by atoms with E-state index in [1.807, 2.05) is 0 Å². The lowest BCUT2D eigenvalue weighted by molar-refractivity contribution is -0.181. The van der Waals surface area contributed by atoms with Crippen molar-refractivity contribution in [2.24, 2.45) is 0 Å². The van der Waals surface area contributed by atoms with Crippen molar-refractivity contribution in [3.8, 4) is 0 Å². The number of sulfonamides is 1. The molecule has 8 heteroatoms. The van der Waals surface area contributed by atoms with Gasteiger partial charge in [0.2, 0.25) is 10.0 Å². The largest absolute Gasteiger partial charge is 0.348 e. The zero-order valence-electron chi connectivity index (χ0n) is 11.4. The summed E-state index contributed by atoms with van der Waals surface area (Å²) < 4.78 is 37.6. The fourth-order valence-electron chi connectivity index (χ4n) is 2.93. The quantitative estimate of drug-likeness (QED) is 0.889. The average molecular weight is 301 g/mol. The second-order valence-corrected chi connectivity index (χ2v) is 7.29. The van der Waals surface area contributed by atoms with Gasteiger partial charge in [-0.05, 0) is 12.8 Å². The van der Waals surface area contributed by atoms with Crippen molar-refractivity contribution in [2.75, 3.05) is 20.3 Å². The van der Waals surface area contributed by atoms with E-state index in [2.05, 4.69) is 10.2 Å². The Morgan fingerprint density at radius 1 is 1.35 bits per heavy atom. The third kappa shape index (κ3) is 2.37. The van der Waals surface area contributed by atoms with Crippen LogP contribution in [0.4, 0.5) is 0 Å². The van der Waals surface area contributed by atoms with E-state index < -0.39 is 15.8 Å². The number of ether oxygens (including phenoxy) is 2. The summed E-state index contributed by atoms with van der Waals surface area (Å²) in [5.74, 6) is -0.462. The molecule has 1 saturated carbocycles. The monoisotopic (exact) mass is 301 g/mol. The summed E-state index contributed by atoms with van der Waals surface area (Å²) in [5, 5.41) is 6.24. The molecule has 0 unspecified atom stereocenters. The fourth-order valence-corrected chi connectivity index (χ4v) is 4.26. The first-order valence-electron chi connectivity index (χ1n) is 6.78. The molecule has 0 bridgehead atoms. The number of nitrogens with zero attached hydrogens (tertiary/aromatic N) is 2. The molecule has 1 aromatic heterocycles. The summed E-state index contributed by atoms with van der Waals surface area (Å²) in [5.41, 5.74) is 0. The molecule has 2 fully saturated rings. The molecule has 3 rings (SSSR count). The second kappa shape index (κ2) is 5.10. The van der Waals surface area contributed by atoms with E-state index in [4.69, 9.17) is 9.47 Å². The minimum Gasteiger partial charge on any atom is -0.348 e. The summed E-state index contributed by atoms with van der Waals surface area (Å²) in [7, 11) is -1.85. The highest BCUT2D eigenvalue weighted by Crippen LogP contribution is 2.38. The van der Waals surface area contributed by atoms with Crippen molar-refractivity contribution in [3.63, 3.8) is 0 Å². The number of aromatic nitrogens is 2. The zero-order valence-corrected chi connectivity index (χ0v) is 12.2. The van der Waals surface area contributed by atoms with Gasteiger partial charge in [0.25, 0.3) is 0 Å². The maximum Gasteiger partial charge on any atom is 0.246 e. The molecule has 1 N–H and O–H groups in total. The van der Waals surface area contributed by atoms with Crippen molar-refractivity contribution in [1.29, 1.82) is 0 Å². The Kier molecular flexibility index (Phi) is 3.57. The average Bonchev–Trinajstić information content (AvgIpc) is 3.11. The predicted molar refractivity (Wildman–Crippen MR) is 70.4 cm³/mol. The van der Waals surface area contributed by atoms with Crippen LogP contribution < -0.4 is 0 Å². The Labute approximate surface area is 118 Å². The maximum atomic E-state index is 12.4. The molecule has 1 spiro atoms. The molecular weight excluding hydrogens is 282 g/mol. The van der Waals surface area contributed by atoms with Crippen LogP contribution in [-0.2, 0) is 19.5 Å². The Morgan fingerprint density at radius 3 is 2.55 bits per heavy atom.